The predicted molar refractivity (Wildman–Crippen MR) is 51.8 cm³/mol. The molecule has 1 nitrogen and oxygen atoms in total. The van der Waals surface area contributed by atoms with Crippen molar-refractivity contribution in [1.29, 1.82) is 0 Å². The van der Waals surface area contributed by atoms with E-state index in [1.54, 1.807) is 18.4 Å². The lowest BCUT2D eigenvalue weighted by molar-refractivity contribution is 0.542. The molecule has 0 fully saturated rings. The van der Waals surface area contributed by atoms with E-state index in [2.05, 4.69) is 15.9 Å². The van der Waals surface area contributed by atoms with Crippen LogP contribution in [0.4, 0.5) is 4.39 Å². The van der Waals surface area contributed by atoms with Crippen molar-refractivity contribution >= 4 is 15.9 Å². The van der Waals surface area contributed by atoms with E-state index in [1.165, 1.54) is 12.1 Å². The minimum absolute atomic E-state index is 0.245. The maximum Gasteiger partial charge on any atom is 0.176 e. The third-order valence-corrected chi connectivity index (χ3v) is 2.37. The van der Waals surface area contributed by atoms with Crippen LogP contribution in [0, 0.1) is 5.82 Å². The van der Waals surface area contributed by atoms with E-state index in [-0.39, 0.29) is 5.82 Å². The molecule has 0 bridgehead atoms. The summed E-state index contributed by atoms with van der Waals surface area (Å²) in [4.78, 5) is 0. The van der Waals surface area contributed by atoms with Gasteiger partial charge in [-0.1, -0.05) is 12.1 Å². The topological polar surface area (TPSA) is 13.1 Å². The molecule has 0 radical (unpaired) electrons. The Hall–Kier alpha value is -1.09. The maximum atomic E-state index is 12.8. The fourth-order valence-corrected chi connectivity index (χ4v) is 1.63. The van der Waals surface area contributed by atoms with E-state index in [0.717, 1.165) is 11.1 Å². The monoisotopic (exact) mass is 240 g/mol. The van der Waals surface area contributed by atoms with Crippen molar-refractivity contribution in [2.24, 2.45) is 0 Å². The lowest BCUT2D eigenvalue weighted by Gasteiger charge is -1.97. The Labute approximate surface area is 83.3 Å². The highest BCUT2D eigenvalue weighted by molar-refractivity contribution is 9.10. The second kappa shape index (κ2) is 3.34. The van der Waals surface area contributed by atoms with E-state index in [0.29, 0.717) is 4.67 Å². The molecule has 2 rings (SSSR count). The molecular formula is C10H6BrFO. The summed E-state index contributed by atoms with van der Waals surface area (Å²) in [6.45, 7) is 0. The zero-order valence-corrected chi connectivity index (χ0v) is 8.21. The highest BCUT2D eigenvalue weighted by Gasteiger charge is 2.05. The zero-order chi connectivity index (χ0) is 9.26. The van der Waals surface area contributed by atoms with Crippen LogP contribution >= 0.6 is 15.9 Å². The van der Waals surface area contributed by atoms with Gasteiger partial charge in [-0.05, 0) is 39.7 Å². The highest BCUT2D eigenvalue weighted by atomic mass is 79.9. The Morgan fingerprint density at radius 3 is 2.69 bits per heavy atom. The lowest BCUT2D eigenvalue weighted by Crippen LogP contribution is -1.77. The van der Waals surface area contributed by atoms with Gasteiger partial charge in [0, 0.05) is 5.56 Å². The molecule has 0 N–H and O–H groups in total. The van der Waals surface area contributed by atoms with Crippen LogP contribution in [0.2, 0.25) is 0 Å². The Bertz CT molecular complexity index is 422. The minimum atomic E-state index is -0.245. The third-order valence-electron chi connectivity index (χ3n) is 1.75. The molecular weight excluding hydrogens is 235 g/mol. The first-order valence-corrected chi connectivity index (χ1v) is 4.55. The number of rotatable bonds is 1. The Kier molecular flexibility index (Phi) is 2.19. The quantitative estimate of drug-likeness (QED) is 0.739. The van der Waals surface area contributed by atoms with E-state index < -0.39 is 0 Å². The van der Waals surface area contributed by atoms with E-state index >= 15 is 0 Å². The molecule has 1 aromatic heterocycles. The van der Waals surface area contributed by atoms with Gasteiger partial charge in [-0.2, -0.15) is 0 Å². The summed E-state index contributed by atoms with van der Waals surface area (Å²) in [5.74, 6) is -0.245. The van der Waals surface area contributed by atoms with Crippen molar-refractivity contribution < 1.29 is 8.81 Å². The molecule has 0 spiro atoms. The molecule has 3 heteroatoms. The molecule has 0 amide bonds. The van der Waals surface area contributed by atoms with Crippen LogP contribution in [0.25, 0.3) is 11.1 Å². The van der Waals surface area contributed by atoms with Crippen LogP contribution in [-0.4, -0.2) is 0 Å². The summed E-state index contributed by atoms with van der Waals surface area (Å²) in [5, 5.41) is 0. The number of hydrogen-bond donors (Lipinski definition) is 0. The van der Waals surface area contributed by atoms with Crippen LogP contribution in [-0.2, 0) is 0 Å². The highest BCUT2D eigenvalue weighted by Crippen LogP contribution is 2.29. The molecule has 13 heavy (non-hydrogen) atoms. The van der Waals surface area contributed by atoms with Crippen LogP contribution < -0.4 is 0 Å². The molecule has 0 atom stereocenters. The summed E-state index contributed by atoms with van der Waals surface area (Å²) in [5.41, 5.74) is 1.67. The van der Waals surface area contributed by atoms with Crippen molar-refractivity contribution in [2.75, 3.05) is 0 Å². The molecule has 1 aromatic carbocycles. The van der Waals surface area contributed by atoms with Gasteiger partial charge < -0.3 is 4.42 Å². The molecule has 0 aliphatic rings. The summed E-state index contributed by atoms with van der Waals surface area (Å²) in [6, 6.07) is 8.18. The fourth-order valence-electron chi connectivity index (χ4n) is 1.16. The van der Waals surface area contributed by atoms with Gasteiger partial charge in [-0.3, -0.25) is 0 Å². The van der Waals surface area contributed by atoms with Gasteiger partial charge in [0.1, 0.15) is 5.82 Å². The van der Waals surface area contributed by atoms with E-state index in [9.17, 15) is 4.39 Å². The normalized spacial score (nSPS) is 10.3. The first kappa shape index (κ1) is 8.51. The van der Waals surface area contributed by atoms with Gasteiger partial charge >= 0.3 is 0 Å². The lowest BCUT2D eigenvalue weighted by atomic mass is 10.1. The second-order valence-electron chi connectivity index (χ2n) is 2.62. The van der Waals surface area contributed by atoms with Gasteiger partial charge in [0.25, 0.3) is 0 Å². The Morgan fingerprint density at radius 2 is 2.08 bits per heavy atom. The fraction of sp³-hybridized carbons (Fsp3) is 0. The van der Waals surface area contributed by atoms with Crippen molar-refractivity contribution in [3.05, 3.63) is 47.1 Å². The van der Waals surface area contributed by atoms with Crippen LogP contribution in [0.3, 0.4) is 0 Å². The molecule has 0 saturated heterocycles. The Morgan fingerprint density at radius 1 is 1.23 bits per heavy atom. The summed E-state index contributed by atoms with van der Waals surface area (Å²) < 4.78 is 18.5. The smallest absolute Gasteiger partial charge is 0.176 e. The number of benzene rings is 1. The minimum Gasteiger partial charge on any atom is -0.457 e. The maximum absolute atomic E-state index is 12.8. The number of hydrogen-bond acceptors (Lipinski definition) is 1. The average Bonchev–Trinajstić information content (AvgIpc) is 2.51. The first-order chi connectivity index (χ1) is 6.27. The van der Waals surface area contributed by atoms with Gasteiger partial charge in [0.15, 0.2) is 4.67 Å². The van der Waals surface area contributed by atoms with Gasteiger partial charge in [-0.15, -0.1) is 0 Å². The van der Waals surface area contributed by atoms with Crippen molar-refractivity contribution in [2.45, 2.75) is 0 Å². The van der Waals surface area contributed by atoms with Crippen LogP contribution in [0.15, 0.2) is 45.7 Å². The number of halogens is 2. The first-order valence-electron chi connectivity index (χ1n) is 3.76. The predicted octanol–water partition coefficient (Wildman–Crippen LogP) is 3.85. The van der Waals surface area contributed by atoms with Crippen LogP contribution in [0.5, 0.6) is 0 Å². The zero-order valence-electron chi connectivity index (χ0n) is 6.63. The third kappa shape index (κ3) is 1.65. The Balaban J connectivity index is 2.53. The van der Waals surface area contributed by atoms with E-state index in [4.69, 9.17) is 4.42 Å². The molecule has 2 aromatic rings. The second-order valence-corrected chi connectivity index (χ2v) is 3.34. The SMILES string of the molecule is Fc1cccc(-c2ccoc2Br)c1. The summed E-state index contributed by atoms with van der Waals surface area (Å²) >= 11 is 3.24. The standard InChI is InChI=1S/C10H6BrFO/c11-10-9(4-5-13-10)7-2-1-3-8(12)6-7/h1-6H. The molecule has 0 unspecified atom stereocenters. The van der Waals surface area contributed by atoms with E-state index in [1.807, 2.05) is 6.07 Å². The van der Waals surface area contributed by atoms with Crippen molar-refractivity contribution in [3.8, 4) is 11.1 Å². The summed E-state index contributed by atoms with van der Waals surface area (Å²) in [6.07, 6.45) is 1.56. The van der Waals surface area contributed by atoms with Crippen LogP contribution in [0.1, 0.15) is 0 Å². The number of furan rings is 1. The molecule has 1 heterocycles. The molecule has 0 saturated carbocycles. The van der Waals surface area contributed by atoms with Gasteiger partial charge in [0.05, 0.1) is 6.26 Å². The summed E-state index contributed by atoms with van der Waals surface area (Å²) in [7, 11) is 0. The largest absolute Gasteiger partial charge is 0.457 e. The molecule has 0 aliphatic heterocycles. The van der Waals surface area contributed by atoms with Crippen molar-refractivity contribution in [1.82, 2.24) is 0 Å². The average molecular weight is 241 g/mol. The molecule has 0 aliphatic carbocycles. The van der Waals surface area contributed by atoms with Gasteiger partial charge in [0.2, 0.25) is 0 Å². The van der Waals surface area contributed by atoms with Gasteiger partial charge in [-0.25, -0.2) is 4.39 Å². The molecule has 66 valence electrons. The van der Waals surface area contributed by atoms with Crippen molar-refractivity contribution in [3.63, 3.8) is 0 Å².